The first-order valence-electron chi connectivity index (χ1n) is 6.08. The van der Waals surface area contributed by atoms with Gasteiger partial charge in [0, 0.05) is 4.47 Å². The molecule has 0 amide bonds. The maximum absolute atomic E-state index is 5.48. The normalized spacial score (nSPS) is 11.0. The monoisotopic (exact) mass is 394 g/mol. The minimum absolute atomic E-state index is 0.768. The highest BCUT2D eigenvalue weighted by atomic mass is 79.9. The zero-order chi connectivity index (χ0) is 14.3. The molecule has 0 aliphatic heterocycles. The number of aromatic nitrogens is 2. The molecule has 0 atom stereocenters. The molecule has 1 heterocycles. The summed E-state index contributed by atoms with van der Waals surface area (Å²) in [6, 6.07) is 10.1. The van der Waals surface area contributed by atoms with Gasteiger partial charge >= 0.3 is 0 Å². The van der Waals surface area contributed by atoms with Gasteiger partial charge in [-0.2, -0.15) is 0 Å². The zero-order valence-electron chi connectivity index (χ0n) is 11.0. The first-order valence-corrected chi connectivity index (χ1v) is 7.67. The average Bonchev–Trinajstić information content (AvgIpc) is 2.80. The van der Waals surface area contributed by atoms with Crippen LogP contribution >= 0.6 is 31.9 Å². The predicted molar refractivity (Wildman–Crippen MR) is 88.2 cm³/mol. The molecule has 0 radical (unpaired) electrons. The van der Waals surface area contributed by atoms with Crippen molar-refractivity contribution in [1.82, 2.24) is 9.97 Å². The number of hydrogen-bond donors (Lipinski definition) is 1. The molecule has 1 N–H and O–H groups in total. The van der Waals surface area contributed by atoms with Gasteiger partial charge in [-0.05, 0) is 52.7 Å². The molecule has 0 fully saturated rings. The largest absolute Gasteiger partial charge is 0.495 e. The summed E-state index contributed by atoms with van der Waals surface area (Å²) in [5, 5.41) is 0. The third-order valence-electron chi connectivity index (χ3n) is 3.11. The molecule has 0 saturated heterocycles. The Morgan fingerprint density at radius 1 is 1.15 bits per heavy atom. The van der Waals surface area contributed by atoms with E-state index in [0.717, 1.165) is 37.1 Å². The highest BCUT2D eigenvalue weighted by Gasteiger charge is 2.14. The molecule has 3 nitrogen and oxygen atoms in total. The molecule has 20 heavy (non-hydrogen) atoms. The third-order valence-corrected chi connectivity index (χ3v) is 4.15. The highest BCUT2D eigenvalue weighted by Crippen LogP contribution is 2.38. The van der Waals surface area contributed by atoms with Gasteiger partial charge in [-0.3, -0.25) is 0 Å². The van der Waals surface area contributed by atoms with E-state index in [2.05, 4.69) is 60.9 Å². The lowest BCUT2D eigenvalue weighted by molar-refractivity contribution is 0.413. The van der Waals surface area contributed by atoms with Crippen LogP contribution in [0, 0.1) is 6.92 Å². The smallest absolute Gasteiger partial charge is 0.144 e. The number of aryl methyl sites for hydroxylation is 1. The zero-order valence-corrected chi connectivity index (χ0v) is 14.2. The SMILES string of the molecule is COc1c(Br)cc(Br)cc1-c1nc2ccc(C)cc2[nH]1. The molecule has 1 aromatic heterocycles. The van der Waals surface area contributed by atoms with Gasteiger partial charge in [0.05, 0.1) is 28.2 Å². The van der Waals surface area contributed by atoms with Gasteiger partial charge in [0.1, 0.15) is 11.6 Å². The summed E-state index contributed by atoms with van der Waals surface area (Å²) in [4.78, 5) is 7.99. The van der Waals surface area contributed by atoms with Crippen molar-refractivity contribution in [2.75, 3.05) is 7.11 Å². The minimum atomic E-state index is 0.768. The van der Waals surface area contributed by atoms with E-state index in [4.69, 9.17) is 4.74 Å². The van der Waals surface area contributed by atoms with Crippen molar-refractivity contribution >= 4 is 42.9 Å². The molecule has 3 aromatic rings. The highest BCUT2D eigenvalue weighted by molar-refractivity contribution is 9.11. The minimum Gasteiger partial charge on any atom is -0.495 e. The number of ether oxygens (including phenoxy) is 1. The lowest BCUT2D eigenvalue weighted by Gasteiger charge is -2.09. The van der Waals surface area contributed by atoms with E-state index in [1.807, 2.05) is 18.2 Å². The van der Waals surface area contributed by atoms with Gasteiger partial charge in [-0.25, -0.2) is 4.98 Å². The quantitative estimate of drug-likeness (QED) is 0.657. The van der Waals surface area contributed by atoms with E-state index in [1.165, 1.54) is 5.56 Å². The second-order valence-corrected chi connectivity index (χ2v) is 6.34. The first kappa shape index (κ1) is 13.6. The summed E-state index contributed by atoms with van der Waals surface area (Å²) < 4.78 is 7.34. The van der Waals surface area contributed by atoms with Crippen LogP contribution < -0.4 is 4.74 Å². The Labute approximate surface area is 133 Å². The average molecular weight is 396 g/mol. The molecule has 102 valence electrons. The molecular weight excluding hydrogens is 384 g/mol. The fourth-order valence-corrected chi connectivity index (χ4v) is 3.58. The second-order valence-electron chi connectivity index (χ2n) is 4.57. The number of fused-ring (bicyclic) bond motifs is 1. The number of H-pyrrole nitrogens is 1. The number of benzene rings is 2. The van der Waals surface area contributed by atoms with Crippen molar-refractivity contribution in [3.63, 3.8) is 0 Å². The van der Waals surface area contributed by atoms with E-state index in [-0.39, 0.29) is 0 Å². The Hall–Kier alpha value is -1.33. The fraction of sp³-hybridized carbons (Fsp3) is 0.133. The van der Waals surface area contributed by atoms with Crippen LogP contribution in [-0.4, -0.2) is 17.1 Å². The van der Waals surface area contributed by atoms with E-state index < -0.39 is 0 Å². The molecule has 0 unspecified atom stereocenters. The van der Waals surface area contributed by atoms with Crippen LogP contribution in [-0.2, 0) is 0 Å². The molecule has 0 spiro atoms. The predicted octanol–water partition coefficient (Wildman–Crippen LogP) is 5.07. The van der Waals surface area contributed by atoms with Crippen LogP contribution in [0.25, 0.3) is 22.4 Å². The van der Waals surface area contributed by atoms with E-state index >= 15 is 0 Å². The lowest BCUT2D eigenvalue weighted by atomic mass is 10.2. The summed E-state index contributed by atoms with van der Waals surface area (Å²) in [7, 11) is 1.66. The lowest BCUT2D eigenvalue weighted by Crippen LogP contribution is -1.91. The standard InChI is InChI=1S/C15H12Br2N2O/c1-8-3-4-12-13(5-8)19-15(18-12)10-6-9(16)7-11(17)14(10)20-2/h3-7H,1-2H3,(H,18,19). The van der Waals surface area contributed by atoms with Gasteiger partial charge in [0.15, 0.2) is 0 Å². The molecule has 0 aliphatic rings. The van der Waals surface area contributed by atoms with Crippen LogP contribution in [0.5, 0.6) is 5.75 Å². The molecule has 0 aliphatic carbocycles. The Kier molecular flexibility index (Phi) is 3.56. The molecule has 2 aromatic carbocycles. The number of nitrogens with one attached hydrogen (secondary N) is 1. The number of nitrogens with zero attached hydrogens (tertiary/aromatic N) is 1. The molecule has 0 bridgehead atoms. The second kappa shape index (κ2) is 5.22. The van der Waals surface area contributed by atoms with Crippen LogP contribution in [0.15, 0.2) is 39.3 Å². The summed E-state index contributed by atoms with van der Waals surface area (Å²) in [5.74, 6) is 1.56. The van der Waals surface area contributed by atoms with Gasteiger partial charge in [0.25, 0.3) is 0 Å². The van der Waals surface area contributed by atoms with Gasteiger partial charge in [-0.15, -0.1) is 0 Å². The first-order chi connectivity index (χ1) is 9.58. The summed E-state index contributed by atoms with van der Waals surface area (Å²) in [5.41, 5.74) is 4.10. The van der Waals surface area contributed by atoms with Crippen LogP contribution in [0.3, 0.4) is 0 Å². The van der Waals surface area contributed by atoms with Gasteiger partial charge in [-0.1, -0.05) is 22.0 Å². The summed E-state index contributed by atoms with van der Waals surface area (Å²) in [6.07, 6.45) is 0. The fourth-order valence-electron chi connectivity index (χ4n) is 2.19. The number of imidazole rings is 1. The van der Waals surface area contributed by atoms with Gasteiger partial charge in [0.2, 0.25) is 0 Å². The van der Waals surface area contributed by atoms with Crippen molar-refractivity contribution in [3.8, 4) is 17.1 Å². The van der Waals surface area contributed by atoms with E-state index in [1.54, 1.807) is 7.11 Å². The van der Waals surface area contributed by atoms with Gasteiger partial charge < -0.3 is 9.72 Å². The van der Waals surface area contributed by atoms with Crippen molar-refractivity contribution in [3.05, 3.63) is 44.8 Å². The Morgan fingerprint density at radius 3 is 2.70 bits per heavy atom. The number of hydrogen-bond acceptors (Lipinski definition) is 2. The van der Waals surface area contributed by atoms with Crippen LogP contribution in [0.4, 0.5) is 0 Å². The van der Waals surface area contributed by atoms with Crippen molar-refractivity contribution < 1.29 is 4.74 Å². The molecule has 3 rings (SSSR count). The topological polar surface area (TPSA) is 37.9 Å². The molecule has 5 heteroatoms. The molecule has 0 saturated carbocycles. The third kappa shape index (κ3) is 2.36. The van der Waals surface area contributed by atoms with Crippen molar-refractivity contribution in [2.45, 2.75) is 6.92 Å². The maximum Gasteiger partial charge on any atom is 0.144 e. The molecular formula is C15H12Br2N2O. The van der Waals surface area contributed by atoms with E-state index in [9.17, 15) is 0 Å². The summed E-state index contributed by atoms with van der Waals surface area (Å²) in [6.45, 7) is 2.07. The number of aromatic amines is 1. The Morgan fingerprint density at radius 2 is 1.95 bits per heavy atom. The number of rotatable bonds is 2. The van der Waals surface area contributed by atoms with Crippen LogP contribution in [0.1, 0.15) is 5.56 Å². The number of methoxy groups -OCH3 is 1. The van der Waals surface area contributed by atoms with Crippen molar-refractivity contribution in [2.24, 2.45) is 0 Å². The van der Waals surface area contributed by atoms with Crippen LogP contribution in [0.2, 0.25) is 0 Å². The Bertz CT molecular complexity index is 796. The summed E-state index contributed by atoms with van der Waals surface area (Å²) >= 11 is 7.02. The Balaban J connectivity index is 2.24. The number of halogens is 2. The van der Waals surface area contributed by atoms with E-state index in [0.29, 0.717) is 0 Å². The van der Waals surface area contributed by atoms with Crippen molar-refractivity contribution in [1.29, 1.82) is 0 Å². The maximum atomic E-state index is 5.48.